The Hall–Kier alpha value is -4.29. The molecule has 32 heavy (non-hydrogen) atoms. The zero-order valence-electron chi connectivity index (χ0n) is 17.3. The van der Waals surface area contributed by atoms with Crippen LogP contribution in [0, 0.1) is 22.7 Å². The molecular formula is C20H18N7O4S+. The molecule has 2 aromatic heterocycles. The van der Waals surface area contributed by atoms with Gasteiger partial charge in [0, 0.05) is 5.69 Å². The number of rotatable bonds is 6. The van der Waals surface area contributed by atoms with Gasteiger partial charge in [0.05, 0.1) is 17.9 Å². The minimum absolute atomic E-state index is 0.00902. The molecule has 0 saturated carbocycles. The SMILES string of the molecule is COc1ccc(NC(=O)C(C)Sc2nc(N)c(C#N)c(-c3c(=O)o[nH][n+]3C)c2C#N)cc1. The lowest BCUT2D eigenvalue weighted by Gasteiger charge is -2.14. The number of nitriles is 2. The second kappa shape index (κ2) is 9.24. The van der Waals surface area contributed by atoms with Crippen molar-refractivity contribution in [2.75, 3.05) is 18.2 Å². The lowest BCUT2D eigenvalue weighted by molar-refractivity contribution is -0.730. The lowest BCUT2D eigenvalue weighted by Crippen LogP contribution is -2.34. The van der Waals surface area contributed by atoms with E-state index in [2.05, 4.69) is 15.6 Å². The van der Waals surface area contributed by atoms with Gasteiger partial charge in [-0.25, -0.2) is 9.78 Å². The summed E-state index contributed by atoms with van der Waals surface area (Å²) in [6.45, 7) is 1.63. The number of carbonyl (C=O) groups is 1. The Morgan fingerprint density at radius 3 is 2.50 bits per heavy atom. The van der Waals surface area contributed by atoms with Crippen LogP contribution in [0.15, 0.2) is 38.6 Å². The Labute approximate surface area is 186 Å². The molecule has 2 heterocycles. The molecule has 0 aliphatic heterocycles. The van der Waals surface area contributed by atoms with Crippen LogP contribution in [-0.2, 0) is 11.8 Å². The lowest BCUT2D eigenvalue weighted by atomic mass is 10.0. The summed E-state index contributed by atoms with van der Waals surface area (Å²) in [7, 11) is 3.03. The van der Waals surface area contributed by atoms with Gasteiger partial charge in [-0.1, -0.05) is 16.4 Å². The van der Waals surface area contributed by atoms with E-state index in [1.807, 2.05) is 12.1 Å². The molecular weight excluding hydrogens is 434 g/mol. The maximum absolute atomic E-state index is 12.7. The summed E-state index contributed by atoms with van der Waals surface area (Å²) in [4.78, 5) is 29.0. The maximum Gasteiger partial charge on any atom is 0.435 e. The number of pyridine rings is 1. The number of nitrogens with zero attached hydrogens (tertiary/aromatic N) is 4. The first-order valence-corrected chi connectivity index (χ1v) is 10.0. The van der Waals surface area contributed by atoms with E-state index in [9.17, 15) is 20.1 Å². The van der Waals surface area contributed by atoms with Gasteiger partial charge in [-0.3, -0.25) is 9.32 Å². The van der Waals surface area contributed by atoms with Crippen LogP contribution in [0.25, 0.3) is 11.3 Å². The number of thioether (sulfide) groups is 1. The largest absolute Gasteiger partial charge is 0.497 e. The summed E-state index contributed by atoms with van der Waals surface area (Å²) in [5, 5.41) is 23.9. The molecule has 1 amide bonds. The summed E-state index contributed by atoms with van der Waals surface area (Å²) in [6.07, 6.45) is 0. The van der Waals surface area contributed by atoms with Gasteiger partial charge in [0.1, 0.15) is 39.9 Å². The fraction of sp³-hybridized carbons (Fsp3) is 0.200. The summed E-state index contributed by atoms with van der Waals surface area (Å²) in [6, 6.07) is 10.6. The van der Waals surface area contributed by atoms with Crippen molar-refractivity contribution in [2.45, 2.75) is 17.2 Å². The van der Waals surface area contributed by atoms with E-state index in [-0.39, 0.29) is 39.1 Å². The van der Waals surface area contributed by atoms with Gasteiger partial charge in [0.2, 0.25) is 5.91 Å². The molecule has 162 valence electrons. The minimum Gasteiger partial charge on any atom is -0.497 e. The molecule has 0 aliphatic carbocycles. The number of hydrogen-bond donors (Lipinski definition) is 3. The summed E-state index contributed by atoms with van der Waals surface area (Å²) >= 11 is 0.974. The van der Waals surface area contributed by atoms with Gasteiger partial charge < -0.3 is 15.8 Å². The van der Waals surface area contributed by atoms with E-state index in [0.29, 0.717) is 11.4 Å². The number of ether oxygens (including phenoxy) is 1. The van der Waals surface area contributed by atoms with Crippen LogP contribution in [0.5, 0.6) is 5.75 Å². The highest BCUT2D eigenvalue weighted by Crippen LogP contribution is 2.35. The van der Waals surface area contributed by atoms with E-state index in [0.717, 1.165) is 11.8 Å². The van der Waals surface area contributed by atoms with E-state index in [1.54, 1.807) is 38.3 Å². The van der Waals surface area contributed by atoms with E-state index in [4.69, 9.17) is 15.0 Å². The second-order valence-electron chi connectivity index (χ2n) is 6.52. The molecule has 11 nitrogen and oxygen atoms in total. The van der Waals surface area contributed by atoms with Gasteiger partial charge in [-0.15, -0.1) is 0 Å². The number of amides is 1. The third kappa shape index (κ3) is 4.26. The average molecular weight is 452 g/mol. The topological polar surface area (TPSA) is 175 Å². The number of aryl methyl sites for hydroxylation is 1. The van der Waals surface area contributed by atoms with Crippen molar-refractivity contribution in [3.05, 3.63) is 45.8 Å². The number of benzene rings is 1. The van der Waals surface area contributed by atoms with Crippen LogP contribution >= 0.6 is 11.8 Å². The molecule has 0 fully saturated rings. The number of H-pyrrole nitrogens is 1. The third-order valence-electron chi connectivity index (χ3n) is 4.47. The molecule has 4 N–H and O–H groups in total. The van der Waals surface area contributed by atoms with Crippen molar-refractivity contribution >= 4 is 29.2 Å². The number of aromatic amines is 1. The first-order chi connectivity index (χ1) is 15.3. The predicted molar refractivity (Wildman–Crippen MR) is 115 cm³/mol. The first kappa shape index (κ1) is 22.4. The van der Waals surface area contributed by atoms with Crippen LogP contribution in [-0.4, -0.2) is 28.5 Å². The van der Waals surface area contributed by atoms with Crippen LogP contribution in [0.3, 0.4) is 0 Å². The molecule has 0 spiro atoms. The summed E-state index contributed by atoms with van der Waals surface area (Å²) in [5.41, 5.74) is 5.45. The fourth-order valence-electron chi connectivity index (χ4n) is 2.87. The fourth-order valence-corrected chi connectivity index (χ4v) is 3.79. The number of aromatic nitrogens is 3. The number of nitrogen functional groups attached to an aromatic ring is 1. The van der Waals surface area contributed by atoms with Gasteiger partial charge in [-0.2, -0.15) is 10.5 Å². The van der Waals surface area contributed by atoms with Crippen molar-refractivity contribution in [3.8, 4) is 29.1 Å². The number of nitrogens with one attached hydrogen (secondary N) is 2. The highest BCUT2D eigenvalue weighted by Gasteiger charge is 2.32. The number of methoxy groups -OCH3 is 1. The van der Waals surface area contributed by atoms with Crippen molar-refractivity contribution < 1.29 is 18.7 Å². The smallest absolute Gasteiger partial charge is 0.435 e. The number of nitrogens with two attached hydrogens (primary N) is 1. The predicted octanol–water partition coefficient (Wildman–Crippen LogP) is 1.31. The molecule has 1 aromatic carbocycles. The van der Waals surface area contributed by atoms with Crippen molar-refractivity contribution in [1.82, 2.24) is 10.3 Å². The Morgan fingerprint density at radius 2 is 1.97 bits per heavy atom. The number of carbonyl (C=O) groups excluding carboxylic acids is 1. The summed E-state index contributed by atoms with van der Waals surface area (Å²) < 4.78 is 11.1. The Kier molecular flexibility index (Phi) is 6.47. The molecule has 0 saturated heterocycles. The maximum atomic E-state index is 12.7. The van der Waals surface area contributed by atoms with Crippen LogP contribution in [0.1, 0.15) is 18.1 Å². The second-order valence-corrected chi connectivity index (χ2v) is 7.85. The molecule has 12 heteroatoms. The Morgan fingerprint density at radius 1 is 1.31 bits per heavy atom. The molecule has 0 bridgehead atoms. The minimum atomic E-state index is -0.785. The zero-order chi connectivity index (χ0) is 23.4. The van der Waals surface area contributed by atoms with Crippen molar-refractivity contribution in [1.29, 1.82) is 10.5 Å². The Bertz CT molecular complexity index is 1320. The molecule has 0 radical (unpaired) electrons. The zero-order valence-corrected chi connectivity index (χ0v) is 18.1. The first-order valence-electron chi connectivity index (χ1n) is 9.13. The summed E-state index contributed by atoms with van der Waals surface area (Å²) in [5.74, 6) is 0.130. The normalized spacial score (nSPS) is 11.3. The quantitative estimate of drug-likeness (QED) is 0.368. The highest BCUT2D eigenvalue weighted by atomic mass is 32.2. The van der Waals surface area contributed by atoms with E-state index in [1.165, 1.54) is 11.7 Å². The number of hydrogen-bond acceptors (Lipinski definition) is 9. The Balaban J connectivity index is 1.97. The van der Waals surface area contributed by atoms with Crippen molar-refractivity contribution in [3.63, 3.8) is 0 Å². The van der Waals surface area contributed by atoms with Crippen LogP contribution in [0.4, 0.5) is 11.5 Å². The van der Waals surface area contributed by atoms with E-state index < -0.39 is 10.9 Å². The van der Waals surface area contributed by atoms with Gasteiger partial charge in [0.25, 0.3) is 0 Å². The monoisotopic (exact) mass is 452 g/mol. The molecule has 1 atom stereocenters. The van der Waals surface area contributed by atoms with Gasteiger partial charge >= 0.3 is 11.3 Å². The highest BCUT2D eigenvalue weighted by molar-refractivity contribution is 8.00. The molecule has 0 aliphatic rings. The standard InChI is InChI=1S/C20H17N7O4S/c1-10(18(28)24-11-4-6-12(30-3)7-5-11)32-19-14(9-22)15(13(8-21)17(23)25-19)16-20(29)31-26-27(16)2/h4-7,10H,1-3H3,(H3-,23,24,25,26,28,29)/p+1. The third-order valence-corrected chi connectivity index (χ3v) is 5.56. The van der Waals surface area contributed by atoms with Gasteiger partial charge in [0.15, 0.2) is 7.05 Å². The average Bonchev–Trinajstić information content (AvgIpc) is 3.11. The number of anilines is 2. The van der Waals surface area contributed by atoms with Gasteiger partial charge in [-0.05, 0) is 36.5 Å². The van der Waals surface area contributed by atoms with E-state index >= 15 is 0 Å². The molecule has 1 unspecified atom stereocenters. The van der Waals surface area contributed by atoms with Crippen LogP contribution in [0.2, 0.25) is 0 Å². The van der Waals surface area contributed by atoms with Crippen LogP contribution < -0.4 is 26.1 Å². The van der Waals surface area contributed by atoms with Crippen molar-refractivity contribution in [2.24, 2.45) is 7.05 Å². The molecule has 3 rings (SSSR count). The molecule has 3 aromatic rings.